The Kier molecular flexibility index (Phi) is 7.15. The molecule has 5 rings (SSSR count). The summed E-state index contributed by atoms with van der Waals surface area (Å²) in [4.78, 5) is 18.6. The molecule has 198 valence electrons. The lowest BCUT2D eigenvalue weighted by Crippen LogP contribution is -2.06. The zero-order chi connectivity index (χ0) is 26.9. The van der Waals surface area contributed by atoms with E-state index in [1.165, 1.54) is 11.6 Å². The number of benzene rings is 3. The monoisotopic (exact) mass is 522 g/mol. The van der Waals surface area contributed by atoms with Crippen molar-refractivity contribution in [2.45, 2.75) is 50.6 Å². The van der Waals surface area contributed by atoms with Crippen molar-refractivity contribution in [3.8, 4) is 28.3 Å². The number of ether oxygens (including phenoxy) is 1. The summed E-state index contributed by atoms with van der Waals surface area (Å²) in [5.74, 6) is 0.990. The van der Waals surface area contributed by atoms with E-state index in [0.717, 1.165) is 55.4 Å². The van der Waals surface area contributed by atoms with Gasteiger partial charge in [-0.25, -0.2) is 4.98 Å². The Hall–Kier alpha value is -3.81. The molecule has 0 radical (unpaired) electrons. The Morgan fingerprint density at radius 1 is 1.00 bits per heavy atom. The van der Waals surface area contributed by atoms with Crippen LogP contribution in [0.15, 0.2) is 60.7 Å². The summed E-state index contributed by atoms with van der Waals surface area (Å²) in [7, 11) is 1.56. The summed E-state index contributed by atoms with van der Waals surface area (Å²) in [5, 5.41) is 9.12. The molecular weight excluding hydrogens is 493 g/mol. The van der Waals surface area contributed by atoms with E-state index in [0.29, 0.717) is 34.1 Å². The number of carboxylic acid groups (broad SMARTS) is 1. The molecule has 0 saturated heterocycles. The Bertz CT molecular complexity index is 1440. The van der Waals surface area contributed by atoms with E-state index in [-0.39, 0.29) is 12.3 Å². The number of nitrogens with one attached hydrogen (secondary N) is 1. The average Bonchev–Trinajstić information content (AvgIpc) is 3.19. The van der Waals surface area contributed by atoms with Crippen molar-refractivity contribution in [2.75, 3.05) is 7.11 Å². The predicted molar refractivity (Wildman–Crippen MR) is 140 cm³/mol. The Labute approximate surface area is 218 Å². The summed E-state index contributed by atoms with van der Waals surface area (Å²) in [6, 6.07) is 17.6. The second kappa shape index (κ2) is 10.5. The number of aromatic nitrogens is 2. The average molecular weight is 523 g/mol. The number of aromatic amines is 1. The molecule has 2 N–H and O–H groups in total. The van der Waals surface area contributed by atoms with Crippen LogP contribution in [-0.4, -0.2) is 28.2 Å². The van der Waals surface area contributed by atoms with Crippen molar-refractivity contribution >= 4 is 17.0 Å². The smallest absolute Gasteiger partial charge is 0.416 e. The zero-order valence-corrected chi connectivity index (χ0v) is 21.0. The molecule has 3 aromatic carbocycles. The molecule has 2 unspecified atom stereocenters. The lowest BCUT2D eigenvalue weighted by atomic mass is 9.89. The van der Waals surface area contributed by atoms with Crippen molar-refractivity contribution in [1.82, 2.24) is 9.97 Å². The number of H-pyrrole nitrogens is 1. The lowest BCUT2D eigenvalue weighted by molar-refractivity contribution is -0.138. The number of nitrogens with zero attached hydrogens (tertiary/aromatic N) is 1. The number of imidazole rings is 1. The minimum Gasteiger partial charge on any atom is -0.496 e. The second-order valence-corrected chi connectivity index (χ2v) is 10.0. The minimum atomic E-state index is -4.42. The maximum atomic E-state index is 13.1. The van der Waals surface area contributed by atoms with Crippen molar-refractivity contribution in [2.24, 2.45) is 5.92 Å². The van der Waals surface area contributed by atoms with E-state index in [9.17, 15) is 18.0 Å². The van der Waals surface area contributed by atoms with Crippen molar-refractivity contribution in [3.05, 3.63) is 71.8 Å². The molecule has 1 heterocycles. The Morgan fingerprint density at radius 3 is 2.47 bits per heavy atom. The number of carbonyl (C=O) groups is 1. The highest BCUT2D eigenvalue weighted by molar-refractivity contribution is 5.82. The largest absolute Gasteiger partial charge is 0.496 e. The van der Waals surface area contributed by atoms with Crippen LogP contribution in [0.1, 0.15) is 55.6 Å². The molecule has 1 aromatic heterocycles. The number of hydrogen-bond acceptors (Lipinski definition) is 3. The molecule has 0 spiro atoms. The Morgan fingerprint density at radius 2 is 1.76 bits per heavy atom. The first kappa shape index (κ1) is 25.8. The van der Waals surface area contributed by atoms with Gasteiger partial charge in [0.1, 0.15) is 11.6 Å². The van der Waals surface area contributed by atoms with Gasteiger partial charge in [-0.05, 0) is 84.5 Å². The number of methoxy groups -OCH3 is 1. The van der Waals surface area contributed by atoms with Crippen LogP contribution in [0.3, 0.4) is 0 Å². The fourth-order valence-electron chi connectivity index (χ4n) is 5.49. The number of halogens is 3. The highest BCUT2D eigenvalue weighted by Gasteiger charge is 2.31. The lowest BCUT2D eigenvalue weighted by Gasteiger charge is -2.16. The molecule has 1 saturated carbocycles. The van der Waals surface area contributed by atoms with Gasteiger partial charge in [-0.3, -0.25) is 4.79 Å². The van der Waals surface area contributed by atoms with Gasteiger partial charge in [0, 0.05) is 6.42 Å². The van der Waals surface area contributed by atoms with Crippen molar-refractivity contribution in [1.29, 1.82) is 0 Å². The van der Waals surface area contributed by atoms with E-state index >= 15 is 0 Å². The fourth-order valence-corrected chi connectivity index (χ4v) is 5.49. The number of hydrogen-bond donors (Lipinski definition) is 2. The van der Waals surface area contributed by atoms with Crippen LogP contribution in [-0.2, 0) is 11.0 Å². The highest BCUT2D eigenvalue weighted by atomic mass is 19.4. The second-order valence-electron chi connectivity index (χ2n) is 10.0. The number of fused-ring (bicyclic) bond motifs is 1. The summed E-state index contributed by atoms with van der Waals surface area (Å²) in [6.45, 7) is 0. The SMILES string of the molecule is COc1cc(-c2ccc(C3CCCC(CC(=O)O)CC3)cc2)ccc1-c1nc2ccc(C(F)(F)F)cc2[nH]1. The first-order valence-corrected chi connectivity index (χ1v) is 12.8. The van der Waals surface area contributed by atoms with E-state index in [1.807, 2.05) is 18.2 Å². The predicted octanol–water partition coefficient (Wildman–Crippen LogP) is 8.06. The van der Waals surface area contributed by atoms with Gasteiger partial charge in [0.2, 0.25) is 0 Å². The number of alkyl halides is 3. The van der Waals surface area contributed by atoms with Crippen LogP contribution < -0.4 is 4.74 Å². The maximum absolute atomic E-state index is 13.1. The zero-order valence-electron chi connectivity index (χ0n) is 21.0. The topological polar surface area (TPSA) is 75.2 Å². The van der Waals surface area contributed by atoms with E-state index < -0.39 is 17.7 Å². The molecule has 1 aliphatic carbocycles. The maximum Gasteiger partial charge on any atom is 0.416 e. The molecular formula is C30H29F3N2O3. The van der Waals surface area contributed by atoms with Gasteiger partial charge >= 0.3 is 12.1 Å². The number of carboxylic acids is 1. The van der Waals surface area contributed by atoms with E-state index in [4.69, 9.17) is 9.84 Å². The van der Waals surface area contributed by atoms with Crippen LogP contribution in [0.5, 0.6) is 5.75 Å². The quantitative estimate of drug-likeness (QED) is 0.251. The van der Waals surface area contributed by atoms with Gasteiger partial charge in [-0.15, -0.1) is 0 Å². The van der Waals surface area contributed by atoms with Crippen LogP contribution in [0, 0.1) is 5.92 Å². The molecule has 8 heteroatoms. The molecule has 0 bridgehead atoms. The van der Waals surface area contributed by atoms with Crippen molar-refractivity contribution in [3.63, 3.8) is 0 Å². The van der Waals surface area contributed by atoms with Gasteiger partial charge in [-0.1, -0.05) is 36.8 Å². The van der Waals surface area contributed by atoms with Crippen LogP contribution in [0.4, 0.5) is 13.2 Å². The normalized spacial score (nSPS) is 18.3. The number of rotatable bonds is 6. The third-order valence-electron chi connectivity index (χ3n) is 7.53. The molecule has 4 aromatic rings. The first-order chi connectivity index (χ1) is 18.2. The van der Waals surface area contributed by atoms with Gasteiger partial charge in [0.25, 0.3) is 0 Å². The third-order valence-corrected chi connectivity index (χ3v) is 7.53. The minimum absolute atomic E-state index is 0.256. The molecule has 0 amide bonds. The van der Waals surface area contributed by atoms with Gasteiger partial charge in [-0.2, -0.15) is 13.2 Å². The summed E-state index contributed by atoms with van der Waals surface area (Å²) >= 11 is 0. The van der Waals surface area contributed by atoms with Crippen LogP contribution >= 0.6 is 0 Å². The van der Waals surface area contributed by atoms with Crippen LogP contribution in [0.25, 0.3) is 33.5 Å². The molecule has 2 atom stereocenters. The third kappa shape index (κ3) is 5.54. The summed E-state index contributed by atoms with van der Waals surface area (Å²) in [6.07, 6.45) is 0.863. The Balaban J connectivity index is 1.35. The van der Waals surface area contributed by atoms with Gasteiger partial charge < -0.3 is 14.8 Å². The molecule has 5 nitrogen and oxygen atoms in total. The number of aliphatic carboxylic acids is 1. The molecule has 0 aliphatic heterocycles. The standard InChI is InChI=1S/C30H29F3N2O3/c1-38-27-16-22(11-13-24(27)29-34-25-14-12-23(30(31,32)33)17-26(25)35-29)21-9-7-20(8-10-21)19-4-2-3-18(5-6-19)15-28(36)37/h7-14,16-19H,2-6,15H2,1H3,(H,34,35)(H,36,37). The van der Waals surface area contributed by atoms with E-state index in [1.54, 1.807) is 7.11 Å². The highest BCUT2D eigenvalue weighted by Crippen LogP contribution is 2.38. The van der Waals surface area contributed by atoms with Gasteiger partial charge in [0.05, 0.1) is 29.3 Å². The van der Waals surface area contributed by atoms with Crippen molar-refractivity contribution < 1.29 is 27.8 Å². The summed E-state index contributed by atoms with van der Waals surface area (Å²) in [5.41, 5.74) is 3.94. The van der Waals surface area contributed by atoms with E-state index in [2.05, 4.69) is 34.2 Å². The molecule has 38 heavy (non-hydrogen) atoms. The summed E-state index contributed by atoms with van der Waals surface area (Å²) < 4.78 is 44.9. The first-order valence-electron chi connectivity index (χ1n) is 12.8. The van der Waals surface area contributed by atoms with Crippen LogP contribution in [0.2, 0.25) is 0 Å². The van der Waals surface area contributed by atoms with Gasteiger partial charge in [0.15, 0.2) is 0 Å². The molecule has 1 fully saturated rings. The fraction of sp³-hybridized carbons (Fsp3) is 0.333. The molecule has 1 aliphatic rings.